The molecule has 15 heavy (non-hydrogen) atoms. The number of imidazole rings is 1. The van der Waals surface area contributed by atoms with Crippen LogP contribution in [-0.2, 0) is 0 Å². The summed E-state index contributed by atoms with van der Waals surface area (Å²) in [6, 6.07) is 1.98. The molecule has 0 bridgehead atoms. The largest absolute Gasteiger partial charge is 0.477 e. The van der Waals surface area contributed by atoms with Crippen molar-refractivity contribution in [1.29, 1.82) is 0 Å². The lowest BCUT2D eigenvalue weighted by atomic mass is 10.3. The van der Waals surface area contributed by atoms with Crippen LogP contribution in [0.4, 0.5) is 0 Å². The van der Waals surface area contributed by atoms with E-state index in [9.17, 15) is 4.79 Å². The van der Waals surface area contributed by atoms with Gasteiger partial charge in [0.15, 0.2) is 5.69 Å². The molecule has 5 heteroatoms. The Morgan fingerprint density at radius 3 is 2.80 bits per heavy atom. The molecule has 1 N–H and O–H groups in total. The van der Waals surface area contributed by atoms with Crippen LogP contribution in [0.25, 0.3) is 5.65 Å². The van der Waals surface area contributed by atoms with Gasteiger partial charge in [-0.1, -0.05) is 0 Å². The second-order valence-corrected chi connectivity index (χ2v) is 4.63. The van der Waals surface area contributed by atoms with E-state index in [1.807, 2.05) is 13.0 Å². The van der Waals surface area contributed by atoms with Gasteiger partial charge in [-0.05, 0) is 48.1 Å². The van der Waals surface area contributed by atoms with Crippen molar-refractivity contribution in [2.45, 2.75) is 13.8 Å². The predicted molar refractivity (Wildman–Crippen MR) is 64.3 cm³/mol. The molecular formula is C10H9IN2O2. The molecule has 0 atom stereocenters. The van der Waals surface area contributed by atoms with Crippen LogP contribution >= 0.6 is 22.6 Å². The van der Waals surface area contributed by atoms with E-state index in [2.05, 4.69) is 27.6 Å². The van der Waals surface area contributed by atoms with Gasteiger partial charge in [-0.3, -0.25) is 4.40 Å². The number of carboxylic acids is 1. The fraction of sp³-hybridized carbons (Fsp3) is 0.200. The van der Waals surface area contributed by atoms with Crippen molar-refractivity contribution in [2.75, 3.05) is 0 Å². The summed E-state index contributed by atoms with van der Waals surface area (Å²) < 4.78 is 2.63. The van der Waals surface area contributed by atoms with E-state index in [1.165, 1.54) is 0 Å². The van der Waals surface area contributed by atoms with Gasteiger partial charge in [0.25, 0.3) is 0 Å². The molecule has 2 aromatic rings. The van der Waals surface area contributed by atoms with Crippen LogP contribution in [-0.4, -0.2) is 20.5 Å². The van der Waals surface area contributed by atoms with Crippen molar-refractivity contribution in [3.8, 4) is 0 Å². The van der Waals surface area contributed by atoms with E-state index in [0.717, 1.165) is 9.13 Å². The number of carboxylic acid groups (broad SMARTS) is 1. The Morgan fingerprint density at radius 1 is 1.53 bits per heavy atom. The molecule has 0 saturated heterocycles. The van der Waals surface area contributed by atoms with Crippen molar-refractivity contribution in [2.24, 2.45) is 0 Å². The molecule has 0 aliphatic rings. The summed E-state index contributed by atoms with van der Waals surface area (Å²) >= 11 is 2.16. The van der Waals surface area contributed by atoms with Crippen LogP contribution in [0.2, 0.25) is 0 Å². The quantitative estimate of drug-likeness (QED) is 0.821. The van der Waals surface area contributed by atoms with Gasteiger partial charge in [0.2, 0.25) is 0 Å². The van der Waals surface area contributed by atoms with E-state index in [1.54, 1.807) is 17.5 Å². The number of fused-ring (bicyclic) bond motifs is 1. The highest BCUT2D eigenvalue weighted by Crippen LogP contribution is 2.18. The molecule has 0 unspecified atom stereocenters. The van der Waals surface area contributed by atoms with E-state index < -0.39 is 5.97 Å². The smallest absolute Gasteiger partial charge is 0.354 e. The van der Waals surface area contributed by atoms with Gasteiger partial charge in [-0.2, -0.15) is 0 Å². The van der Waals surface area contributed by atoms with Gasteiger partial charge in [0, 0.05) is 9.77 Å². The minimum Gasteiger partial charge on any atom is -0.477 e. The first-order valence-electron chi connectivity index (χ1n) is 4.39. The molecule has 4 nitrogen and oxygen atoms in total. The van der Waals surface area contributed by atoms with E-state index in [-0.39, 0.29) is 5.69 Å². The lowest BCUT2D eigenvalue weighted by Gasteiger charge is -2.01. The molecule has 2 aromatic heterocycles. The molecule has 78 valence electrons. The van der Waals surface area contributed by atoms with Crippen molar-refractivity contribution in [3.63, 3.8) is 0 Å². The molecular weight excluding hydrogens is 307 g/mol. The first kappa shape index (κ1) is 10.4. The third-order valence-electron chi connectivity index (χ3n) is 2.25. The van der Waals surface area contributed by atoms with Gasteiger partial charge in [0.1, 0.15) is 5.65 Å². The first-order chi connectivity index (χ1) is 7.00. The summed E-state index contributed by atoms with van der Waals surface area (Å²) in [6.07, 6.45) is 1.78. The lowest BCUT2D eigenvalue weighted by Crippen LogP contribution is -2.04. The third-order valence-corrected chi connectivity index (χ3v) is 2.84. The molecule has 0 radical (unpaired) electrons. The van der Waals surface area contributed by atoms with E-state index >= 15 is 0 Å². The molecule has 2 heterocycles. The zero-order valence-electron chi connectivity index (χ0n) is 8.28. The second kappa shape index (κ2) is 3.48. The maximum atomic E-state index is 11.1. The Labute approximate surface area is 100 Å². The number of aromatic nitrogens is 2. The Hall–Kier alpha value is -1.11. The number of rotatable bonds is 1. The fourth-order valence-corrected chi connectivity index (χ4v) is 2.39. The van der Waals surface area contributed by atoms with Crippen LogP contribution in [0, 0.1) is 17.4 Å². The monoisotopic (exact) mass is 316 g/mol. The summed E-state index contributed by atoms with van der Waals surface area (Å²) in [4.78, 5) is 15.3. The van der Waals surface area contributed by atoms with Crippen LogP contribution in [0.3, 0.4) is 0 Å². The summed E-state index contributed by atoms with van der Waals surface area (Å²) in [5.41, 5.74) is 2.49. The number of nitrogens with zero attached hydrogens (tertiary/aromatic N) is 2. The van der Waals surface area contributed by atoms with Crippen molar-refractivity contribution < 1.29 is 9.90 Å². The average Bonchev–Trinajstić information content (AvgIpc) is 2.41. The highest BCUT2D eigenvalue weighted by molar-refractivity contribution is 14.1. The zero-order chi connectivity index (χ0) is 11.2. The first-order valence-corrected chi connectivity index (χ1v) is 5.46. The molecule has 0 amide bonds. The van der Waals surface area contributed by atoms with Gasteiger partial charge < -0.3 is 5.11 Å². The minimum absolute atomic E-state index is 0.242. The Kier molecular flexibility index (Phi) is 2.41. The van der Waals surface area contributed by atoms with Crippen LogP contribution < -0.4 is 0 Å². The highest BCUT2D eigenvalue weighted by Gasteiger charge is 2.16. The predicted octanol–water partition coefficient (Wildman–Crippen LogP) is 2.25. The number of pyridine rings is 1. The van der Waals surface area contributed by atoms with Crippen LogP contribution in [0.1, 0.15) is 21.7 Å². The molecule has 2 rings (SSSR count). The number of aromatic carboxylic acids is 1. The number of aryl methyl sites for hydroxylation is 2. The minimum atomic E-state index is -0.943. The third kappa shape index (κ3) is 1.60. The highest BCUT2D eigenvalue weighted by atomic mass is 127. The van der Waals surface area contributed by atoms with Gasteiger partial charge in [0.05, 0.1) is 5.69 Å². The molecule has 0 aliphatic heterocycles. The Morgan fingerprint density at radius 2 is 2.20 bits per heavy atom. The normalized spacial score (nSPS) is 10.9. The van der Waals surface area contributed by atoms with Crippen molar-refractivity contribution >= 4 is 34.2 Å². The van der Waals surface area contributed by atoms with Crippen molar-refractivity contribution in [1.82, 2.24) is 9.38 Å². The van der Waals surface area contributed by atoms with Crippen LogP contribution in [0.15, 0.2) is 12.3 Å². The summed E-state index contributed by atoms with van der Waals surface area (Å²) in [5, 5.41) is 9.07. The van der Waals surface area contributed by atoms with E-state index in [0.29, 0.717) is 11.3 Å². The summed E-state index contributed by atoms with van der Waals surface area (Å²) in [7, 11) is 0. The molecule has 0 saturated carbocycles. The fourth-order valence-electron chi connectivity index (χ4n) is 1.64. The molecule has 0 spiro atoms. The lowest BCUT2D eigenvalue weighted by molar-refractivity contribution is 0.0688. The molecule has 0 aliphatic carbocycles. The Bertz CT molecular complexity index is 560. The number of carbonyl (C=O) groups is 1. The number of hydrogen-bond acceptors (Lipinski definition) is 2. The van der Waals surface area contributed by atoms with Gasteiger partial charge in [-0.25, -0.2) is 9.78 Å². The SMILES string of the molecule is Cc1nc2c(C)cc(I)cn2c1C(=O)O. The summed E-state index contributed by atoms with van der Waals surface area (Å²) in [5.74, 6) is -0.943. The number of hydrogen-bond donors (Lipinski definition) is 1. The topological polar surface area (TPSA) is 54.6 Å². The maximum absolute atomic E-state index is 11.1. The van der Waals surface area contributed by atoms with Crippen molar-refractivity contribution in [3.05, 3.63) is 32.8 Å². The molecule has 0 aromatic carbocycles. The number of halogens is 1. The zero-order valence-corrected chi connectivity index (χ0v) is 10.4. The second-order valence-electron chi connectivity index (χ2n) is 3.39. The maximum Gasteiger partial charge on any atom is 0.354 e. The standard InChI is InChI=1S/C10H9IN2O2/c1-5-3-7(11)4-13-8(10(14)15)6(2)12-9(5)13/h3-4H,1-2H3,(H,14,15). The van der Waals surface area contributed by atoms with Crippen LogP contribution in [0.5, 0.6) is 0 Å². The van der Waals surface area contributed by atoms with Gasteiger partial charge >= 0.3 is 5.97 Å². The van der Waals surface area contributed by atoms with Gasteiger partial charge in [-0.15, -0.1) is 0 Å². The Balaban J connectivity index is 2.93. The molecule has 0 fully saturated rings. The average molecular weight is 316 g/mol. The van der Waals surface area contributed by atoms with E-state index in [4.69, 9.17) is 5.11 Å². The summed E-state index contributed by atoms with van der Waals surface area (Å²) in [6.45, 7) is 3.64.